The van der Waals surface area contributed by atoms with Crippen molar-refractivity contribution in [1.82, 2.24) is 20.2 Å². The maximum atomic E-state index is 12.1. The van der Waals surface area contributed by atoms with Crippen LogP contribution < -0.4 is 5.32 Å². The molecule has 25 heavy (non-hydrogen) atoms. The highest BCUT2D eigenvalue weighted by molar-refractivity contribution is 7.12. The van der Waals surface area contributed by atoms with Crippen LogP contribution in [0.4, 0.5) is 0 Å². The van der Waals surface area contributed by atoms with Crippen LogP contribution in [0, 0.1) is 0 Å². The summed E-state index contributed by atoms with van der Waals surface area (Å²) in [5, 5.41) is 4.88. The molecule has 0 radical (unpaired) electrons. The number of pyridine rings is 2. The highest BCUT2D eigenvalue weighted by Crippen LogP contribution is 2.08. The molecule has 0 aromatic carbocycles. The zero-order valence-electron chi connectivity index (χ0n) is 13.8. The van der Waals surface area contributed by atoms with E-state index < -0.39 is 0 Å². The molecule has 3 rings (SSSR count). The van der Waals surface area contributed by atoms with Crippen molar-refractivity contribution < 1.29 is 4.79 Å². The standard InChI is InChI=1S/C19H20N4OS/c24-19(18-8-5-13-25-18)22-11-12-23(14-16-6-1-3-9-20-16)15-17-7-2-4-10-21-17/h1-10,13H,11-12,14-15H2,(H,22,24). The predicted octanol–water partition coefficient (Wildman–Crippen LogP) is 2.97. The molecule has 3 heterocycles. The summed E-state index contributed by atoms with van der Waals surface area (Å²) in [4.78, 5) is 23.8. The van der Waals surface area contributed by atoms with Crippen molar-refractivity contribution in [2.24, 2.45) is 0 Å². The second kappa shape index (κ2) is 9.05. The highest BCUT2D eigenvalue weighted by atomic mass is 32.1. The molecule has 0 aliphatic carbocycles. The van der Waals surface area contributed by atoms with Gasteiger partial charge in [-0.25, -0.2) is 0 Å². The molecule has 0 saturated heterocycles. The molecule has 1 N–H and O–H groups in total. The Kier molecular flexibility index (Phi) is 6.25. The van der Waals surface area contributed by atoms with Crippen LogP contribution in [0.5, 0.6) is 0 Å². The van der Waals surface area contributed by atoms with Gasteiger partial charge in [0.15, 0.2) is 0 Å². The lowest BCUT2D eigenvalue weighted by molar-refractivity contribution is 0.0951. The molecular weight excluding hydrogens is 332 g/mol. The van der Waals surface area contributed by atoms with Gasteiger partial charge in [0, 0.05) is 38.6 Å². The third kappa shape index (κ3) is 5.48. The van der Waals surface area contributed by atoms with Crippen LogP contribution in [0.25, 0.3) is 0 Å². The molecular formula is C19H20N4OS. The fourth-order valence-corrected chi connectivity index (χ4v) is 3.12. The van der Waals surface area contributed by atoms with Crippen LogP contribution in [0.3, 0.4) is 0 Å². The number of nitrogens with one attached hydrogen (secondary N) is 1. The summed E-state index contributed by atoms with van der Waals surface area (Å²) in [7, 11) is 0. The summed E-state index contributed by atoms with van der Waals surface area (Å²) < 4.78 is 0. The van der Waals surface area contributed by atoms with E-state index in [1.165, 1.54) is 11.3 Å². The van der Waals surface area contributed by atoms with E-state index >= 15 is 0 Å². The van der Waals surface area contributed by atoms with E-state index in [0.29, 0.717) is 19.6 Å². The maximum absolute atomic E-state index is 12.1. The summed E-state index contributed by atoms with van der Waals surface area (Å²) in [6.45, 7) is 2.74. The SMILES string of the molecule is O=C(NCCN(Cc1ccccn1)Cc1ccccn1)c1cccs1. The number of carbonyl (C=O) groups excluding carboxylic acids is 1. The smallest absolute Gasteiger partial charge is 0.261 e. The molecule has 0 fully saturated rings. The van der Waals surface area contributed by atoms with Gasteiger partial charge in [0.25, 0.3) is 5.91 Å². The molecule has 0 spiro atoms. The Hall–Kier alpha value is -2.57. The van der Waals surface area contributed by atoms with Gasteiger partial charge in [-0.2, -0.15) is 0 Å². The fourth-order valence-electron chi connectivity index (χ4n) is 2.48. The van der Waals surface area contributed by atoms with Crippen molar-refractivity contribution in [2.45, 2.75) is 13.1 Å². The van der Waals surface area contributed by atoms with Gasteiger partial charge < -0.3 is 5.32 Å². The van der Waals surface area contributed by atoms with Crippen LogP contribution in [-0.4, -0.2) is 33.9 Å². The van der Waals surface area contributed by atoms with Gasteiger partial charge in [0.05, 0.1) is 16.3 Å². The van der Waals surface area contributed by atoms with Crippen LogP contribution in [0.1, 0.15) is 21.1 Å². The first-order valence-corrected chi connectivity index (χ1v) is 9.03. The van der Waals surface area contributed by atoms with E-state index in [1.54, 1.807) is 12.4 Å². The van der Waals surface area contributed by atoms with Crippen molar-refractivity contribution in [3.8, 4) is 0 Å². The first-order chi connectivity index (χ1) is 12.3. The van der Waals surface area contributed by atoms with Crippen LogP contribution in [-0.2, 0) is 13.1 Å². The highest BCUT2D eigenvalue weighted by Gasteiger charge is 2.10. The summed E-state index contributed by atoms with van der Waals surface area (Å²) in [6.07, 6.45) is 3.60. The van der Waals surface area contributed by atoms with Gasteiger partial charge in [-0.05, 0) is 35.7 Å². The van der Waals surface area contributed by atoms with Gasteiger partial charge >= 0.3 is 0 Å². The number of rotatable bonds is 8. The Labute approximate surface area is 151 Å². The van der Waals surface area contributed by atoms with Crippen LogP contribution in [0.15, 0.2) is 66.3 Å². The van der Waals surface area contributed by atoms with E-state index in [1.807, 2.05) is 53.9 Å². The normalized spacial score (nSPS) is 10.8. The summed E-state index contributed by atoms with van der Waals surface area (Å²) in [6, 6.07) is 15.5. The third-order valence-corrected chi connectivity index (χ3v) is 4.55. The molecule has 1 amide bonds. The monoisotopic (exact) mass is 352 g/mol. The molecule has 128 valence electrons. The number of thiophene rings is 1. The zero-order chi connectivity index (χ0) is 17.3. The number of nitrogens with zero attached hydrogens (tertiary/aromatic N) is 3. The van der Waals surface area contributed by atoms with E-state index in [4.69, 9.17) is 0 Å². The molecule has 6 heteroatoms. The summed E-state index contributed by atoms with van der Waals surface area (Å²) in [5.74, 6) is -0.0226. The van der Waals surface area contributed by atoms with Crippen molar-refractivity contribution in [1.29, 1.82) is 0 Å². The van der Waals surface area contributed by atoms with Crippen LogP contribution >= 0.6 is 11.3 Å². The molecule has 0 unspecified atom stereocenters. The quantitative estimate of drug-likeness (QED) is 0.677. The van der Waals surface area contributed by atoms with Gasteiger partial charge in [-0.3, -0.25) is 19.7 Å². The Morgan fingerprint density at radius 3 is 2.16 bits per heavy atom. The maximum Gasteiger partial charge on any atom is 0.261 e. The fraction of sp³-hybridized carbons (Fsp3) is 0.211. The van der Waals surface area contributed by atoms with Gasteiger partial charge in [-0.15, -0.1) is 11.3 Å². The Balaban J connectivity index is 1.58. The van der Waals surface area contributed by atoms with Crippen molar-refractivity contribution in [3.05, 3.63) is 82.6 Å². The second-order valence-corrected chi connectivity index (χ2v) is 6.53. The van der Waals surface area contributed by atoms with E-state index in [-0.39, 0.29) is 5.91 Å². The second-order valence-electron chi connectivity index (χ2n) is 5.59. The lowest BCUT2D eigenvalue weighted by Crippen LogP contribution is -2.34. The number of hydrogen-bond donors (Lipinski definition) is 1. The van der Waals surface area contributed by atoms with Gasteiger partial charge in [0.2, 0.25) is 0 Å². The average molecular weight is 352 g/mol. The molecule has 5 nitrogen and oxygen atoms in total. The summed E-state index contributed by atoms with van der Waals surface area (Å²) >= 11 is 1.45. The van der Waals surface area contributed by atoms with Crippen molar-refractivity contribution >= 4 is 17.2 Å². The lowest BCUT2D eigenvalue weighted by Gasteiger charge is -2.21. The third-order valence-electron chi connectivity index (χ3n) is 3.68. The number of hydrogen-bond acceptors (Lipinski definition) is 5. The van der Waals surface area contributed by atoms with Gasteiger partial charge in [0.1, 0.15) is 0 Å². The lowest BCUT2D eigenvalue weighted by atomic mass is 10.3. The number of carbonyl (C=O) groups is 1. The van der Waals surface area contributed by atoms with Crippen molar-refractivity contribution in [3.63, 3.8) is 0 Å². The largest absolute Gasteiger partial charge is 0.350 e. The first kappa shape index (κ1) is 17.3. The molecule has 0 saturated carbocycles. The Morgan fingerprint density at radius 2 is 1.64 bits per heavy atom. The van der Waals surface area contributed by atoms with E-state index in [0.717, 1.165) is 22.8 Å². The molecule has 0 bridgehead atoms. The topological polar surface area (TPSA) is 58.1 Å². The van der Waals surface area contributed by atoms with Crippen molar-refractivity contribution in [2.75, 3.05) is 13.1 Å². The Bertz CT molecular complexity index is 721. The van der Waals surface area contributed by atoms with Crippen LogP contribution in [0.2, 0.25) is 0 Å². The number of aromatic nitrogens is 2. The van der Waals surface area contributed by atoms with Gasteiger partial charge in [-0.1, -0.05) is 18.2 Å². The molecule has 3 aromatic heterocycles. The average Bonchev–Trinajstić information content (AvgIpc) is 3.18. The molecule has 0 atom stereocenters. The van der Waals surface area contributed by atoms with E-state index in [2.05, 4.69) is 20.2 Å². The summed E-state index contributed by atoms with van der Waals surface area (Å²) in [5.41, 5.74) is 2.01. The predicted molar refractivity (Wildman–Crippen MR) is 99.2 cm³/mol. The molecule has 0 aliphatic rings. The Morgan fingerprint density at radius 1 is 0.960 bits per heavy atom. The minimum Gasteiger partial charge on any atom is -0.350 e. The van der Waals surface area contributed by atoms with E-state index in [9.17, 15) is 4.79 Å². The zero-order valence-corrected chi connectivity index (χ0v) is 14.7. The molecule has 0 aliphatic heterocycles. The number of amides is 1. The first-order valence-electron chi connectivity index (χ1n) is 8.15. The minimum absolute atomic E-state index is 0.0226. The molecule has 3 aromatic rings. The minimum atomic E-state index is -0.0226.